The Balaban J connectivity index is 0. The lowest BCUT2D eigenvalue weighted by Crippen LogP contribution is -1.95. The van der Waals surface area contributed by atoms with Crippen molar-refractivity contribution in [3.05, 3.63) is 0 Å². The fourth-order valence-corrected chi connectivity index (χ4v) is 0.595. The van der Waals surface area contributed by atoms with Gasteiger partial charge in [0.1, 0.15) is 6.29 Å². The smallest absolute Gasteiger partial charge is 0.122 e. The van der Waals surface area contributed by atoms with Gasteiger partial charge in [0.05, 0.1) is 0 Å². The van der Waals surface area contributed by atoms with Crippen LogP contribution in [-0.2, 0) is 9.53 Å². The normalized spacial score (nSPS) is 9.50. The third-order valence-corrected chi connectivity index (χ3v) is 1.56. The zero-order chi connectivity index (χ0) is 11.2. The van der Waals surface area contributed by atoms with Gasteiger partial charge in [-0.25, -0.2) is 0 Å². The van der Waals surface area contributed by atoms with E-state index >= 15 is 0 Å². The van der Waals surface area contributed by atoms with Crippen LogP contribution in [-0.4, -0.2) is 19.5 Å². The minimum absolute atomic E-state index is 0.204. The largest absolute Gasteiger partial charge is 0.381 e. The molecule has 2 heteroatoms. The molecule has 0 radical (unpaired) electrons. The van der Waals surface area contributed by atoms with Crippen molar-refractivity contribution in [3.63, 3.8) is 0 Å². The Bertz CT molecular complexity index is 94.5. The summed E-state index contributed by atoms with van der Waals surface area (Å²) in [6, 6.07) is 0. The third-order valence-electron chi connectivity index (χ3n) is 1.56. The van der Waals surface area contributed by atoms with E-state index in [1.165, 1.54) is 25.7 Å². The Morgan fingerprint density at radius 1 is 1.07 bits per heavy atom. The van der Waals surface area contributed by atoms with Gasteiger partial charge in [-0.15, -0.1) is 0 Å². The lowest BCUT2D eigenvalue weighted by Gasteiger charge is -1.99. The number of carbonyl (C=O) groups excluding carboxylic acids is 1. The minimum atomic E-state index is 0.204. The number of unbranched alkanes of at least 4 members (excludes halogenated alkanes) is 2. The molecule has 0 aromatic heterocycles. The molecule has 0 rings (SSSR count). The first kappa shape index (κ1) is 16.1. The highest BCUT2D eigenvalue weighted by molar-refractivity contribution is 5.51. The van der Waals surface area contributed by atoms with Crippen molar-refractivity contribution < 1.29 is 9.53 Å². The topological polar surface area (TPSA) is 26.3 Å². The van der Waals surface area contributed by atoms with Crippen LogP contribution in [0.4, 0.5) is 0 Å². The van der Waals surface area contributed by atoms with E-state index in [1.54, 1.807) is 0 Å². The maximum Gasteiger partial charge on any atom is 0.122 e. The number of hydrogen-bond acceptors (Lipinski definition) is 2. The fraction of sp³-hybridized carbons (Fsp3) is 0.917. The zero-order valence-corrected chi connectivity index (χ0v) is 10.2. The van der Waals surface area contributed by atoms with Crippen LogP contribution >= 0.6 is 0 Å². The van der Waals surface area contributed by atoms with Crippen molar-refractivity contribution in [1.82, 2.24) is 0 Å². The van der Waals surface area contributed by atoms with Gasteiger partial charge in [0.15, 0.2) is 0 Å². The molecule has 0 unspecified atom stereocenters. The summed E-state index contributed by atoms with van der Waals surface area (Å²) in [5, 5.41) is 0. The average molecular weight is 202 g/mol. The molecule has 2 nitrogen and oxygen atoms in total. The molecule has 0 aliphatic rings. The summed E-state index contributed by atoms with van der Waals surface area (Å²) in [6.45, 7) is 9.99. The molecule has 14 heavy (non-hydrogen) atoms. The molecule has 0 aromatic rings. The predicted molar refractivity (Wildman–Crippen MR) is 61.5 cm³/mol. The molecule has 86 valence electrons. The fourth-order valence-electron chi connectivity index (χ4n) is 0.595. The van der Waals surface area contributed by atoms with Gasteiger partial charge in [-0.1, -0.05) is 40.5 Å². The highest BCUT2D eigenvalue weighted by Gasteiger charge is 1.84. The molecule has 0 N–H and O–H groups in total. The Morgan fingerprint density at radius 3 is 1.64 bits per heavy atom. The Kier molecular flexibility index (Phi) is 17.4. The summed E-state index contributed by atoms with van der Waals surface area (Å²) in [6.07, 6.45) is 5.83. The van der Waals surface area contributed by atoms with E-state index in [2.05, 4.69) is 13.8 Å². The second-order valence-electron chi connectivity index (χ2n) is 3.70. The number of carbonyl (C=O) groups is 1. The maximum absolute atomic E-state index is 9.50. The Labute approximate surface area is 89.0 Å². The van der Waals surface area contributed by atoms with Crippen molar-refractivity contribution in [3.8, 4) is 0 Å². The quantitative estimate of drug-likeness (QED) is 0.467. The highest BCUT2D eigenvalue weighted by atomic mass is 16.5. The number of ether oxygens (including phenoxy) is 1. The van der Waals surface area contributed by atoms with E-state index in [9.17, 15) is 4.79 Å². The SMILES string of the molecule is CC(C)C=O.CCCCOCCCC. The molecule has 0 aliphatic heterocycles. The Morgan fingerprint density at radius 2 is 1.43 bits per heavy atom. The van der Waals surface area contributed by atoms with Crippen LogP contribution in [0.1, 0.15) is 53.4 Å². The maximum atomic E-state index is 9.50. The molecule has 0 fully saturated rings. The van der Waals surface area contributed by atoms with Gasteiger partial charge in [-0.3, -0.25) is 0 Å². The van der Waals surface area contributed by atoms with Gasteiger partial charge < -0.3 is 9.53 Å². The summed E-state index contributed by atoms with van der Waals surface area (Å²) < 4.78 is 5.31. The molecule has 0 aromatic carbocycles. The lowest BCUT2D eigenvalue weighted by molar-refractivity contribution is -0.110. The van der Waals surface area contributed by atoms with E-state index in [0.717, 1.165) is 19.5 Å². The van der Waals surface area contributed by atoms with E-state index < -0.39 is 0 Å². The van der Waals surface area contributed by atoms with Crippen LogP contribution in [0, 0.1) is 5.92 Å². The van der Waals surface area contributed by atoms with Crippen molar-refractivity contribution in [2.24, 2.45) is 5.92 Å². The van der Waals surface area contributed by atoms with E-state index in [-0.39, 0.29) is 5.92 Å². The first-order valence-corrected chi connectivity index (χ1v) is 5.72. The van der Waals surface area contributed by atoms with Crippen molar-refractivity contribution in [2.45, 2.75) is 53.4 Å². The van der Waals surface area contributed by atoms with Crippen molar-refractivity contribution in [2.75, 3.05) is 13.2 Å². The van der Waals surface area contributed by atoms with Gasteiger partial charge in [0.2, 0.25) is 0 Å². The van der Waals surface area contributed by atoms with Gasteiger partial charge in [0, 0.05) is 19.1 Å². The van der Waals surface area contributed by atoms with Crippen LogP contribution < -0.4 is 0 Å². The summed E-state index contributed by atoms with van der Waals surface area (Å²) in [5.41, 5.74) is 0. The summed E-state index contributed by atoms with van der Waals surface area (Å²) in [7, 11) is 0. The standard InChI is InChI=1S/C8H18O.C4H8O/c1-3-5-7-9-8-6-4-2;1-4(2)3-5/h3-8H2,1-2H3;3-4H,1-2H3. The average Bonchev–Trinajstić information content (AvgIpc) is 2.19. The van der Waals surface area contributed by atoms with E-state index in [1.807, 2.05) is 13.8 Å². The Hall–Kier alpha value is -0.370. The molecule has 0 saturated heterocycles. The predicted octanol–water partition coefficient (Wildman–Crippen LogP) is 3.44. The second-order valence-corrected chi connectivity index (χ2v) is 3.70. The van der Waals surface area contributed by atoms with Crippen LogP contribution in [0.25, 0.3) is 0 Å². The highest BCUT2D eigenvalue weighted by Crippen LogP contribution is 1.91. The van der Waals surface area contributed by atoms with Gasteiger partial charge in [-0.05, 0) is 12.8 Å². The third kappa shape index (κ3) is 22.6. The van der Waals surface area contributed by atoms with Crippen LogP contribution in [0.2, 0.25) is 0 Å². The van der Waals surface area contributed by atoms with E-state index in [4.69, 9.17) is 4.74 Å². The molecule has 0 aliphatic carbocycles. The molecule has 0 heterocycles. The summed E-state index contributed by atoms with van der Waals surface area (Å²) in [5.74, 6) is 0.204. The van der Waals surface area contributed by atoms with Crippen LogP contribution in [0.3, 0.4) is 0 Å². The summed E-state index contributed by atoms with van der Waals surface area (Å²) in [4.78, 5) is 9.50. The van der Waals surface area contributed by atoms with Crippen LogP contribution in [0.5, 0.6) is 0 Å². The molecule has 0 amide bonds. The van der Waals surface area contributed by atoms with E-state index in [0.29, 0.717) is 0 Å². The monoisotopic (exact) mass is 202 g/mol. The van der Waals surface area contributed by atoms with Crippen LogP contribution in [0.15, 0.2) is 0 Å². The molecule has 0 saturated carbocycles. The molecular weight excluding hydrogens is 176 g/mol. The first-order valence-electron chi connectivity index (χ1n) is 5.72. The molecule has 0 bridgehead atoms. The molecule has 0 atom stereocenters. The van der Waals surface area contributed by atoms with Gasteiger partial charge in [-0.2, -0.15) is 0 Å². The van der Waals surface area contributed by atoms with Crippen molar-refractivity contribution in [1.29, 1.82) is 0 Å². The molecular formula is C12H26O2. The first-order chi connectivity index (χ1) is 6.68. The lowest BCUT2D eigenvalue weighted by atomic mass is 10.3. The zero-order valence-electron chi connectivity index (χ0n) is 10.2. The van der Waals surface area contributed by atoms with Crippen molar-refractivity contribution >= 4 is 6.29 Å². The second kappa shape index (κ2) is 15.1. The number of rotatable bonds is 7. The van der Waals surface area contributed by atoms with Gasteiger partial charge >= 0.3 is 0 Å². The number of hydrogen-bond donors (Lipinski definition) is 0. The van der Waals surface area contributed by atoms with Gasteiger partial charge in [0.25, 0.3) is 0 Å². The minimum Gasteiger partial charge on any atom is -0.381 e. The number of aldehydes is 1. The summed E-state index contributed by atoms with van der Waals surface area (Å²) >= 11 is 0. The molecule has 0 spiro atoms.